The molecule has 2 aromatic carbocycles. The van der Waals surface area contributed by atoms with E-state index in [1.165, 1.54) is 7.11 Å². The smallest absolute Gasteiger partial charge is 0.341 e. The fourth-order valence-corrected chi connectivity index (χ4v) is 2.29. The van der Waals surface area contributed by atoms with Crippen LogP contribution in [0.5, 0.6) is 0 Å². The van der Waals surface area contributed by atoms with E-state index in [4.69, 9.17) is 16.3 Å². The number of hydrogen-bond acceptors (Lipinski definition) is 3. The van der Waals surface area contributed by atoms with Crippen molar-refractivity contribution in [3.8, 4) is 16.9 Å². The summed E-state index contributed by atoms with van der Waals surface area (Å²) < 4.78 is 6.52. The Morgan fingerprint density at radius 1 is 1.09 bits per heavy atom. The summed E-state index contributed by atoms with van der Waals surface area (Å²) in [5.74, 6) is -0.424. The Kier molecular flexibility index (Phi) is 3.94. The molecule has 5 heteroatoms. The Bertz CT molecular complexity index is 795. The first-order chi connectivity index (χ1) is 10.7. The van der Waals surface area contributed by atoms with Gasteiger partial charge in [0.1, 0.15) is 11.3 Å². The molecule has 22 heavy (non-hydrogen) atoms. The van der Waals surface area contributed by atoms with Gasteiger partial charge in [0, 0.05) is 16.8 Å². The van der Waals surface area contributed by atoms with Crippen LogP contribution in [0.25, 0.3) is 16.9 Å². The molecule has 0 N–H and O–H groups in total. The third kappa shape index (κ3) is 2.73. The molecule has 1 heterocycles. The van der Waals surface area contributed by atoms with Gasteiger partial charge in [-0.05, 0) is 24.3 Å². The molecular formula is C17H13ClN2O2. The van der Waals surface area contributed by atoms with E-state index in [0.29, 0.717) is 16.3 Å². The van der Waals surface area contributed by atoms with E-state index < -0.39 is 5.97 Å². The second-order valence-electron chi connectivity index (χ2n) is 4.67. The SMILES string of the molecule is COC(=O)c1cn(-c2ccccc2)nc1-c1ccc(Cl)cc1. The van der Waals surface area contributed by atoms with Gasteiger partial charge in [-0.15, -0.1) is 0 Å². The van der Waals surface area contributed by atoms with E-state index in [1.807, 2.05) is 42.5 Å². The van der Waals surface area contributed by atoms with Crippen molar-refractivity contribution < 1.29 is 9.53 Å². The predicted octanol–water partition coefficient (Wildman–Crippen LogP) is 3.98. The van der Waals surface area contributed by atoms with E-state index in [-0.39, 0.29) is 0 Å². The lowest BCUT2D eigenvalue weighted by molar-refractivity contribution is 0.0601. The van der Waals surface area contributed by atoms with Gasteiger partial charge >= 0.3 is 5.97 Å². The predicted molar refractivity (Wildman–Crippen MR) is 85.3 cm³/mol. The third-order valence-corrected chi connectivity index (χ3v) is 3.51. The number of carbonyl (C=O) groups excluding carboxylic acids is 1. The molecule has 0 aliphatic carbocycles. The highest BCUT2D eigenvalue weighted by molar-refractivity contribution is 6.30. The van der Waals surface area contributed by atoms with Crippen LogP contribution in [0.2, 0.25) is 5.02 Å². The van der Waals surface area contributed by atoms with Crippen LogP contribution in [0.15, 0.2) is 60.8 Å². The molecule has 110 valence electrons. The van der Waals surface area contributed by atoms with Gasteiger partial charge in [-0.2, -0.15) is 5.10 Å². The third-order valence-electron chi connectivity index (χ3n) is 3.26. The maximum Gasteiger partial charge on any atom is 0.341 e. The first-order valence-corrected chi connectivity index (χ1v) is 7.06. The van der Waals surface area contributed by atoms with Crippen molar-refractivity contribution in [3.63, 3.8) is 0 Å². The number of nitrogens with zero attached hydrogens (tertiary/aromatic N) is 2. The van der Waals surface area contributed by atoms with Crippen molar-refractivity contribution in [2.24, 2.45) is 0 Å². The van der Waals surface area contributed by atoms with Crippen molar-refractivity contribution >= 4 is 17.6 Å². The largest absolute Gasteiger partial charge is 0.465 e. The van der Waals surface area contributed by atoms with Gasteiger partial charge in [-0.3, -0.25) is 0 Å². The molecule has 0 bridgehead atoms. The van der Waals surface area contributed by atoms with Crippen LogP contribution in [-0.2, 0) is 4.74 Å². The molecule has 4 nitrogen and oxygen atoms in total. The maximum atomic E-state index is 12.0. The highest BCUT2D eigenvalue weighted by Gasteiger charge is 2.19. The summed E-state index contributed by atoms with van der Waals surface area (Å²) in [5, 5.41) is 5.15. The van der Waals surface area contributed by atoms with Gasteiger partial charge < -0.3 is 4.74 Å². The minimum atomic E-state index is -0.424. The standard InChI is InChI=1S/C17H13ClN2O2/c1-22-17(21)15-11-20(14-5-3-2-4-6-14)19-16(15)12-7-9-13(18)10-8-12/h2-11H,1H3. The number of rotatable bonds is 3. The Hall–Kier alpha value is -2.59. The lowest BCUT2D eigenvalue weighted by Crippen LogP contribution is -2.01. The van der Waals surface area contributed by atoms with Gasteiger partial charge in [0.25, 0.3) is 0 Å². The number of ether oxygens (including phenoxy) is 1. The zero-order chi connectivity index (χ0) is 15.5. The van der Waals surface area contributed by atoms with Crippen LogP contribution in [0.4, 0.5) is 0 Å². The summed E-state index contributed by atoms with van der Waals surface area (Å²) >= 11 is 5.91. The lowest BCUT2D eigenvalue weighted by atomic mass is 10.1. The Labute approximate surface area is 132 Å². The molecule has 0 spiro atoms. The van der Waals surface area contributed by atoms with Crippen molar-refractivity contribution in [1.82, 2.24) is 9.78 Å². The monoisotopic (exact) mass is 312 g/mol. The summed E-state index contributed by atoms with van der Waals surface area (Å²) in [5.41, 5.74) is 2.65. The molecule has 0 fully saturated rings. The Morgan fingerprint density at radius 2 is 1.77 bits per heavy atom. The van der Waals surface area contributed by atoms with Gasteiger partial charge in [0.2, 0.25) is 0 Å². The Balaban J connectivity index is 2.13. The van der Waals surface area contributed by atoms with E-state index in [0.717, 1.165) is 11.3 Å². The van der Waals surface area contributed by atoms with Gasteiger partial charge in [-0.25, -0.2) is 9.48 Å². The molecule has 0 aliphatic heterocycles. The molecule has 1 aromatic heterocycles. The van der Waals surface area contributed by atoms with Crippen LogP contribution < -0.4 is 0 Å². The number of esters is 1. The summed E-state index contributed by atoms with van der Waals surface area (Å²) in [6.07, 6.45) is 1.67. The van der Waals surface area contributed by atoms with E-state index >= 15 is 0 Å². The summed E-state index contributed by atoms with van der Waals surface area (Å²) in [4.78, 5) is 12.0. The number of methoxy groups -OCH3 is 1. The van der Waals surface area contributed by atoms with E-state index in [2.05, 4.69) is 5.10 Å². The number of benzene rings is 2. The molecule has 0 unspecified atom stereocenters. The zero-order valence-corrected chi connectivity index (χ0v) is 12.6. The molecule has 0 atom stereocenters. The second kappa shape index (κ2) is 6.03. The first kappa shape index (κ1) is 14.4. The fraction of sp³-hybridized carbons (Fsp3) is 0.0588. The molecule has 0 radical (unpaired) electrons. The molecule has 0 aliphatic rings. The van der Waals surface area contributed by atoms with Crippen LogP contribution in [0, 0.1) is 0 Å². The average molecular weight is 313 g/mol. The van der Waals surface area contributed by atoms with E-state index in [1.54, 1.807) is 23.0 Å². The topological polar surface area (TPSA) is 44.1 Å². The van der Waals surface area contributed by atoms with Gasteiger partial charge in [0.05, 0.1) is 12.8 Å². The number of aromatic nitrogens is 2. The van der Waals surface area contributed by atoms with Gasteiger partial charge in [0.15, 0.2) is 0 Å². The van der Waals surface area contributed by atoms with Crippen LogP contribution >= 0.6 is 11.6 Å². The van der Waals surface area contributed by atoms with Crippen LogP contribution in [0.1, 0.15) is 10.4 Å². The quantitative estimate of drug-likeness (QED) is 0.687. The molecule has 0 saturated heterocycles. The van der Waals surface area contributed by atoms with Crippen LogP contribution in [-0.4, -0.2) is 22.9 Å². The number of hydrogen-bond donors (Lipinski definition) is 0. The summed E-state index contributed by atoms with van der Waals surface area (Å²) in [6, 6.07) is 16.8. The van der Waals surface area contributed by atoms with Crippen molar-refractivity contribution in [2.45, 2.75) is 0 Å². The molecular weight excluding hydrogens is 300 g/mol. The first-order valence-electron chi connectivity index (χ1n) is 6.68. The van der Waals surface area contributed by atoms with Crippen molar-refractivity contribution in [1.29, 1.82) is 0 Å². The van der Waals surface area contributed by atoms with Crippen LogP contribution in [0.3, 0.4) is 0 Å². The number of carbonyl (C=O) groups is 1. The van der Waals surface area contributed by atoms with Crippen molar-refractivity contribution in [2.75, 3.05) is 7.11 Å². The molecule has 3 aromatic rings. The van der Waals surface area contributed by atoms with Crippen molar-refractivity contribution in [3.05, 3.63) is 71.4 Å². The summed E-state index contributed by atoms with van der Waals surface area (Å²) in [6.45, 7) is 0. The summed E-state index contributed by atoms with van der Waals surface area (Å²) in [7, 11) is 1.35. The fourth-order valence-electron chi connectivity index (χ4n) is 2.17. The lowest BCUT2D eigenvalue weighted by Gasteiger charge is -2.01. The molecule has 0 amide bonds. The highest BCUT2D eigenvalue weighted by atomic mass is 35.5. The van der Waals surface area contributed by atoms with E-state index in [9.17, 15) is 4.79 Å². The maximum absolute atomic E-state index is 12.0. The Morgan fingerprint density at radius 3 is 2.41 bits per heavy atom. The molecule has 3 rings (SSSR count). The second-order valence-corrected chi connectivity index (χ2v) is 5.11. The normalized spacial score (nSPS) is 10.5. The number of para-hydroxylation sites is 1. The average Bonchev–Trinajstić information content (AvgIpc) is 3.01. The number of halogens is 1. The minimum absolute atomic E-state index is 0.411. The highest BCUT2D eigenvalue weighted by Crippen LogP contribution is 2.25. The minimum Gasteiger partial charge on any atom is -0.465 e. The van der Waals surface area contributed by atoms with Gasteiger partial charge in [-0.1, -0.05) is 41.9 Å². The molecule has 0 saturated carbocycles. The zero-order valence-electron chi connectivity index (χ0n) is 11.9.